The third-order valence-electron chi connectivity index (χ3n) is 3.57. The lowest BCUT2D eigenvalue weighted by molar-refractivity contribution is -0.134. The number of carbonyl (C=O) groups excluding carboxylic acids is 1. The van der Waals surface area contributed by atoms with Crippen molar-refractivity contribution in [3.05, 3.63) is 0 Å². The lowest BCUT2D eigenvalue weighted by Gasteiger charge is -2.27. The smallest absolute Gasteiger partial charge is 0.240 e. The summed E-state index contributed by atoms with van der Waals surface area (Å²) in [5.41, 5.74) is 5.82. The zero-order valence-corrected chi connectivity index (χ0v) is 9.18. The summed E-state index contributed by atoms with van der Waals surface area (Å²) in [7, 11) is 0. The van der Waals surface area contributed by atoms with Crippen LogP contribution in [0, 0.1) is 29.1 Å². The highest BCUT2D eigenvalue weighted by atomic mass is 16.2. The maximum Gasteiger partial charge on any atom is 0.240 e. The molecule has 2 aliphatic rings. The fourth-order valence-electron chi connectivity index (χ4n) is 2.33. The van der Waals surface area contributed by atoms with Crippen molar-refractivity contribution >= 4 is 5.91 Å². The molecule has 1 saturated heterocycles. The van der Waals surface area contributed by atoms with Crippen molar-refractivity contribution in [1.82, 2.24) is 4.90 Å². The summed E-state index contributed by atoms with van der Waals surface area (Å²) in [5.74, 6) is 1.08. The van der Waals surface area contributed by atoms with E-state index in [0.717, 1.165) is 13.0 Å². The van der Waals surface area contributed by atoms with Crippen LogP contribution in [0.25, 0.3) is 0 Å². The molecule has 15 heavy (non-hydrogen) atoms. The van der Waals surface area contributed by atoms with Crippen molar-refractivity contribution in [2.24, 2.45) is 23.5 Å². The molecule has 4 heteroatoms. The minimum Gasteiger partial charge on any atom is -0.325 e. The third-order valence-corrected chi connectivity index (χ3v) is 3.57. The molecule has 4 atom stereocenters. The quantitative estimate of drug-likeness (QED) is 0.709. The Bertz CT molecular complexity index is 320. The van der Waals surface area contributed by atoms with Gasteiger partial charge in [-0.25, -0.2) is 0 Å². The van der Waals surface area contributed by atoms with Gasteiger partial charge in [-0.3, -0.25) is 4.79 Å². The predicted octanol–water partition coefficient (Wildman–Crippen LogP) is 0.340. The summed E-state index contributed by atoms with van der Waals surface area (Å²) >= 11 is 0. The van der Waals surface area contributed by atoms with Crippen LogP contribution in [0.15, 0.2) is 0 Å². The summed E-state index contributed by atoms with van der Waals surface area (Å²) in [5, 5.41) is 9.02. The number of nitrogens with zero attached hydrogens (tertiary/aromatic N) is 2. The normalized spacial score (nSPS) is 34.9. The van der Waals surface area contributed by atoms with Gasteiger partial charge in [0.25, 0.3) is 0 Å². The fraction of sp³-hybridized carbons (Fsp3) is 0.818. The molecule has 1 amide bonds. The minimum absolute atomic E-state index is 0.0521. The summed E-state index contributed by atoms with van der Waals surface area (Å²) in [6, 6.07) is 1.55. The number of carbonyl (C=O) groups is 1. The molecule has 0 spiro atoms. The molecule has 2 fully saturated rings. The fourth-order valence-corrected chi connectivity index (χ4v) is 2.33. The van der Waals surface area contributed by atoms with E-state index in [-0.39, 0.29) is 17.9 Å². The largest absolute Gasteiger partial charge is 0.325 e. The molecule has 1 saturated carbocycles. The van der Waals surface area contributed by atoms with Crippen molar-refractivity contribution in [3.8, 4) is 6.07 Å². The predicted molar refractivity (Wildman–Crippen MR) is 55.5 cm³/mol. The highest BCUT2D eigenvalue weighted by Crippen LogP contribution is 2.49. The van der Waals surface area contributed by atoms with E-state index in [1.807, 2.05) is 13.8 Å². The number of fused-ring (bicyclic) bond motifs is 1. The molecular formula is C11H17N3O. The number of hydrogen-bond donors (Lipinski definition) is 1. The Hall–Kier alpha value is -1.08. The van der Waals surface area contributed by atoms with Crippen LogP contribution in [-0.2, 0) is 4.79 Å². The minimum atomic E-state index is -0.460. The first-order valence-electron chi connectivity index (χ1n) is 5.52. The Kier molecular flexibility index (Phi) is 2.43. The van der Waals surface area contributed by atoms with Crippen molar-refractivity contribution in [1.29, 1.82) is 5.26 Å². The van der Waals surface area contributed by atoms with Crippen LogP contribution in [-0.4, -0.2) is 29.4 Å². The Morgan fingerprint density at radius 2 is 2.27 bits per heavy atom. The second kappa shape index (κ2) is 3.49. The van der Waals surface area contributed by atoms with E-state index < -0.39 is 6.04 Å². The van der Waals surface area contributed by atoms with Crippen LogP contribution in [0.4, 0.5) is 0 Å². The second-order valence-corrected chi connectivity index (χ2v) is 4.99. The Labute approximate surface area is 90.0 Å². The van der Waals surface area contributed by atoms with Crippen LogP contribution in [0.3, 0.4) is 0 Å². The summed E-state index contributed by atoms with van der Waals surface area (Å²) in [6.45, 7) is 4.60. The summed E-state index contributed by atoms with van der Waals surface area (Å²) < 4.78 is 0. The number of rotatable bonds is 2. The van der Waals surface area contributed by atoms with Crippen molar-refractivity contribution < 1.29 is 4.79 Å². The number of nitrogens with two attached hydrogens (primary N) is 1. The summed E-state index contributed by atoms with van der Waals surface area (Å²) in [6.07, 6.45) is 1.11. The molecule has 2 N–H and O–H groups in total. The van der Waals surface area contributed by atoms with Crippen LogP contribution in [0.1, 0.15) is 20.3 Å². The van der Waals surface area contributed by atoms with E-state index in [2.05, 4.69) is 6.07 Å². The van der Waals surface area contributed by atoms with E-state index in [4.69, 9.17) is 11.0 Å². The van der Waals surface area contributed by atoms with Gasteiger partial charge in [-0.05, 0) is 24.2 Å². The molecule has 1 aliphatic carbocycles. The highest BCUT2D eigenvalue weighted by Gasteiger charge is 2.54. The highest BCUT2D eigenvalue weighted by molar-refractivity contribution is 5.83. The SMILES string of the molecule is CC(C)[C@H](N)C(=O)N1C[C@H]2C[C@H]2[C@H]1C#N. The van der Waals surface area contributed by atoms with Gasteiger partial charge in [-0.2, -0.15) is 5.26 Å². The molecule has 4 nitrogen and oxygen atoms in total. The zero-order valence-electron chi connectivity index (χ0n) is 9.18. The van der Waals surface area contributed by atoms with Crippen molar-refractivity contribution in [3.63, 3.8) is 0 Å². The van der Waals surface area contributed by atoms with Gasteiger partial charge in [-0.1, -0.05) is 13.8 Å². The number of hydrogen-bond acceptors (Lipinski definition) is 3. The van der Waals surface area contributed by atoms with Gasteiger partial charge < -0.3 is 10.6 Å². The molecule has 1 heterocycles. The average Bonchev–Trinajstić information content (AvgIpc) is 2.88. The molecule has 82 valence electrons. The molecular weight excluding hydrogens is 190 g/mol. The number of piperidine rings is 1. The molecule has 0 unspecified atom stereocenters. The van der Waals surface area contributed by atoms with E-state index in [9.17, 15) is 4.79 Å². The van der Waals surface area contributed by atoms with E-state index in [1.165, 1.54) is 0 Å². The lowest BCUT2D eigenvalue weighted by atomic mass is 10.0. The lowest BCUT2D eigenvalue weighted by Crippen LogP contribution is -2.49. The van der Waals surface area contributed by atoms with Crippen molar-refractivity contribution in [2.75, 3.05) is 6.54 Å². The van der Waals surface area contributed by atoms with Gasteiger partial charge in [-0.15, -0.1) is 0 Å². The molecule has 0 aromatic rings. The van der Waals surface area contributed by atoms with Crippen LogP contribution in [0.2, 0.25) is 0 Å². The van der Waals surface area contributed by atoms with Gasteiger partial charge in [0.1, 0.15) is 6.04 Å². The topological polar surface area (TPSA) is 70.1 Å². The van der Waals surface area contributed by atoms with Crippen LogP contribution in [0.5, 0.6) is 0 Å². The van der Waals surface area contributed by atoms with Gasteiger partial charge in [0, 0.05) is 6.54 Å². The second-order valence-electron chi connectivity index (χ2n) is 4.99. The standard InChI is InChI=1S/C11H17N3O/c1-6(2)10(13)11(15)14-5-7-3-8(7)9(14)4-12/h6-10H,3,5,13H2,1-2H3/t7-,8-,9-,10+/m1/s1. The molecule has 0 radical (unpaired) electrons. The maximum absolute atomic E-state index is 12.0. The van der Waals surface area contributed by atoms with Crippen LogP contribution < -0.4 is 5.73 Å². The first kappa shape index (κ1) is 10.4. The number of amides is 1. The van der Waals surface area contributed by atoms with Gasteiger partial charge in [0.05, 0.1) is 12.1 Å². The first-order chi connectivity index (χ1) is 7.06. The molecule has 1 aliphatic heterocycles. The maximum atomic E-state index is 12.0. The number of nitriles is 1. The Morgan fingerprint density at radius 3 is 2.80 bits per heavy atom. The van der Waals surface area contributed by atoms with E-state index in [1.54, 1.807) is 4.90 Å². The summed E-state index contributed by atoms with van der Waals surface area (Å²) in [4.78, 5) is 13.7. The van der Waals surface area contributed by atoms with Gasteiger partial charge >= 0.3 is 0 Å². The molecule has 0 aromatic carbocycles. The number of likely N-dealkylation sites (tertiary alicyclic amines) is 1. The Balaban J connectivity index is 2.05. The molecule has 0 bridgehead atoms. The Morgan fingerprint density at radius 1 is 1.60 bits per heavy atom. The van der Waals surface area contributed by atoms with Crippen molar-refractivity contribution in [2.45, 2.75) is 32.4 Å². The monoisotopic (exact) mass is 207 g/mol. The zero-order chi connectivity index (χ0) is 11.2. The van der Waals surface area contributed by atoms with E-state index >= 15 is 0 Å². The van der Waals surface area contributed by atoms with Crippen LogP contribution >= 0.6 is 0 Å². The first-order valence-corrected chi connectivity index (χ1v) is 5.52. The van der Waals surface area contributed by atoms with E-state index in [0.29, 0.717) is 11.8 Å². The third kappa shape index (κ3) is 1.61. The van der Waals surface area contributed by atoms with Gasteiger partial charge in [0.2, 0.25) is 5.91 Å². The molecule has 2 rings (SSSR count). The average molecular weight is 207 g/mol. The molecule has 0 aromatic heterocycles. The van der Waals surface area contributed by atoms with Gasteiger partial charge in [0.15, 0.2) is 0 Å².